The van der Waals surface area contributed by atoms with Gasteiger partial charge < -0.3 is 0 Å². The Morgan fingerprint density at radius 1 is 0.950 bits per heavy atom. The molecule has 0 bridgehead atoms. The molecule has 0 saturated heterocycles. The van der Waals surface area contributed by atoms with E-state index in [4.69, 9.17) is 23.2 Å². The van der Waals surface area contributed by atoms with Gasteiger partial charge in [0.1, 0.15) is 5.69 Å². The summed E-state index contributed by atoms with van der Waals surface area (Å²) in [6.07, 6.45) is 0. The molecule has 1 heterocycles. The second-order valence-electron chi connectivity index (χ2n) is 4.34. The van der Waals surface area contributed by atoms with Crippen LogP contribution < -0.4 is 0 Å². The molecule has 3 rings (SSSR count). The van der Waals surface area contributed by atoms with Crippen LogP contribution >= 0.6 is 23.2 Å². The van der Waals surface area contributed by atoms with E-state index in [0.717, 1.165) is 10.9 Å². The Bertz CT molecular complexity index is 814. The van der Waals surface area contributed by atoms with Gasteiger partial charge in [0, 0.05) is 16.0 Å². The maximum Gasteiger partial charge on any atom is 0.212 e. The minimum absolute atomic E-state index is 0.233. The first-order valence-corrected chi connectivity index (χ1v) is 6.76. The lowest BCUT2D eigenvalue weighted by atomic mass is 10.1. The number of hydrogen-bond acceptors (Lipinski definition) is 2. The largest absolute Gasteiger partial charge is 0.287 e. The van der Waals surface area contributed by atoms with E-state index < -0.39 is 0 Å². The van der Waals surface area contributed by atoms with Gasteiger partial charge in [0.25, 0.3) is 0 Å². The van der Waals surface area contributed by atoms with Crippen LogP contribution in [0.1, 0.15) is 16.1 Å². The summed E-state index contributed by atoms with van der Waals surface area (Å²) in [5.74, 6) is -0.233. The van der Waals surface area contributed by atoms with Crippen molar-refractivity contribution < 1.29 is 4.79 Å². The van der Waals surface area contributed by atoms with Gasteiger partial charge in [-0.3, -0.25) is 4.79 Å². The molecule has 1 aromatic heterocycles. The summed E-state index contributed by atoms with van der Waals surface area (Å²) in [6, 6.07) is 16.0. The molecular weight excluding hydrogens is 293 g/mol. The number of pyridine rings is 1. The minimum Gasteiger partial charge on any atom is -0.287 e. The first-order valence-electron chi connectivity index (χ1n) is 6.01. The van der Waals surface area contributed by atoms with Crippen LogP contribution in [0.15, 0.2) is 54.6 Å². The van der Waals surface area contributed by atoms with E-state index in [1.807, 2.05) is 30.3 Å². The Balaban J connectivity index is 2.10. The number of ketones is 1. The van der Waals surface area contributed by atoms with Crippen LogP contribution in [0.3, 0.4) is 0 Å². The fraction of sp³-hybridized carbons (Fsp3) is 0. The molecule has 0 aliphatic rings. The average molecular weight is 302 g/mol. The van der Waals surface area contributed by atoms with E-state index >= 15 is 0 Å². The Labute approximate surface area is 126 Å². The molecule has 2 nitrogen and oxygen atoms in total. The van der Waals surface area contributed by atoms with Crippen molar-refractivity contribution in [2.24, 2.45) is 0 Å². The normalized spacial score (nSPS) is 10.7. The fourth-order valence-electron chi connectivity index (χ4n) is 2.00. The highest BCUT2D eigenvalue weighted by atomic mass is 35.5. The topological polar surface area (TPSA) is 30.0 Å². The van der Waals surface area contributed by atoms with E-state index in [9.17, 15) is 4.79 Å². The quantitative estimate of drug-likeness (QED) is 0.638. The Hall–Kier alpha value is -1.90. The van der Waals surface area contributed by atoms with Crippen molar-refractivity contribution in [3.63, 3.8) is 0 Å². The standard InChI is InChI=1S/C16H9Cl2NO/c17-11-6-7-13(18)12(9-11)16(20)15-8-5-10-3-1-2-4-14(10)19-15/h1-9H. The molecule has 4 heteroatoms. The first-order chi connectivity index (χ1) is 9.65. The van der Waals surface area contributed by atoms with Crippen LogP contribution in [0, 0.1) is 0 Å². The maximum atomic E-state index is 12.5. The second-order valence-corrected chi connectivity index (χ2v) is 5.19. The number of fused-ring (bicyclic) bond motifs is 1. The van der Waals surface area contributed by atoms with E-state index in [2.05, 4.69) is 4.98 Å². The van der Waals surface area contributed by atoms with E-state index in [1.165, 1.54) is 0 Å². The zero-order chi connectivity index (χ0) is 14.1. The third kappa shape index (κ3) is 2.40. The van der Waals surface area contributed by atoms with Gasteiger partial charge in [0.15, 0.2) is 0 Å². The van der Waals surface area contributed by atoms with Crippen LogP contribution in [-0.4, -0.2) is 10.8 Å². The van der Waals surface area contributed by atoms with Crippen LogP contribution in [0.5, 0.6) is 0 Å². The van der Waals surface area contributed by atoms with Crippen molar-refractivity contribution in [3.8, 4) is 0 Å². The molecule has 20 heavy (non-hydrogen) atoms. The number of rotatable bonds is 2. The van der Waals surface area contributed by atoms with E-state index in [-0.39, 0.29) is 5.78 Å². The highest BCUT2D eigenvalue weighted by molar-refractivity contribution is 6.36. The fourth-order valence-corrected chi connectivity index (χ4v) is 2.38. The zero-order valence-corrected chi connectivity index (χ0v) is 11.8. The Morgan fingerprint density at radius 3 is 2.60 bits per heavy atom. The summed E-state index contributed by atoms with van der Waals surface area (Å²) in [4.78, 5) is 16.8. The molecule has 0 atom stereocenters. The maximum absolute atomic E-state index is 12.5. The molecule has 0 spiro atoms. The summed E-state index contributed by atoms with van der Waals surface area (Å²) in [7, 11) is 0. The van der Waals surface area contributed by atoms with Crippen molar-refractivity contribution in [1.82, 2.24) is 4.98 Å². The third-order valence-corrected chi connectivity index (χ3v) is 3.57. The number of para-hydroxylation sites is 1. The minimum atomic E-state index is -0.233. The molecule has 0 saturated carbocycles. The van der Waals surface area contributed by atoms with Gasteiger partial charge >= 0.3 is 0 Å². The number of carbonyl (C=O) groups excluding carboxylic acids is 1. The van der Waals surface area contributed by atoms with Gasteiger partial charge in [-0.15, -0.1) is 0 Å². The zero-order valence-electron chi connectivity index (χ0n) is 10.3. The summed E-state index contributed by atoms with van der Waals surface area (Å²) in [5, 5.41) is 1.83. The van der Waals surface area contributed by atoms with Gasteiger partial charge in [0.05, 0.1) is 10.5 Å². The number of carbonyl (C=O) groups is 1. The average Bonchev–Trinajstić information content (AvgIpc) is 2.48. The van der Waals surface area contributed by atoms with Crippen LogP contribution in [0.2, 0.25) is 10.0 Å². The molecule has 0 N–H and O–H groups in total. The van der Waals surface area contributed by atoms with Crippen molar-refractivity contribution in [1.29, 1.82) is 0 Å². The van der Waals surface area contributed by atoms with Gasteiger partial charge in [-0.25, -0.2) is 4.98 Å². The van der Waals surface area contributed by atoms with Crippen molar-refractivity contribution >= 4 is 39.9 Å². The SMILES string of the molecule is O=C(c1ccc2ccccc2n1)c1cc(Cl)ccc1Cl. The molecule has 2 aromatic carbocycles. The highest BCUT2D eigenvalue weighted by Gasteiger charge is 2.15. The van der Waals surface area contributed by atoms with Gasteiger partial charge in [0.2, 0.25) is 5.78 Å². The lowest BCUT2D eigenvalue weighted by Crippen LogP contribution is -2.05. The Kier molecular flexibility index (Phi) is 3.43. The summed E-state index contributed by atoms with van der Waals surface area (Å²) in [5.41, 5.74) is 1.49. The van der Waals surface area contributed by atoms with Crippen LogP contribution in [-0.2, 0) is 0 Å². The monoisotopic (exact) mass is 301 g/mol. The van der Waals surface area contributed by atoms with Gasteiger partial charge in [-0.2, -0.15) is 0 Å². The number of nitrogens with zero attached hydrogens (tertiary/aromatic N) is 1. The predicted molar refractivity (Wildman–Crippen MR) is 81.6 cm³/mol. The lowest BCUT2D eigenvalue weighted by molar-refractivity contribution is 0.103. The van der Waals surface area contributed by atoms with Gasteiger partial charge in [-0.05, 0) is 30.3 Å². The number of aromatic nitrogens is 1. The number of halogens is 2. The molecule has 0 unspecified atom stereocenters. The second kappa shape index (κ2) is 5.23. The van der Waals surface area contributed by atoms with Crippen molar-refractivity contribution in [3.05, 3.63) is 75.9 Å². The summed E-state index contributed by atoms with van der Waals surface area (Å²) < 4.78 is 0. The van der Waals surface area contributed by atoms with Crippen LogP contribution in [0.4, 0.5) is 0 Å². The molecular formula is C16H9Cl2NO. The smallest absolute Gasteiger partial charge is 0.212 e. The highest BCUT2D eigenvalue weighted by Crippen LogP contribution is 2.23. The molecule has 0 fully saturated rings. The molecule has 0 radical (unpaired) electrons. The van der Waals surface area contributed by atoms with E-state index in [0.29, 0.717) is 21.3 Å². The van der Waals surface area contributed by atoms with E-state index in [1.54, 1.807) is 24.3 Å². The summed E-state index contributed by atoms with van der Waals surface area (Å²) >= 11 is 12.0. The molecule has 0 amide bonds. The first kappa shape index (κ1) is 13.1. The Morgan fingerprint density at radius 2 is 1.75 bits per heavy atom. The molecule has 0 aliphatic heterocycles. The molecule has 98 valence electrons. The van der Waals surface area contributed by atoms with Crippen molar-refractivity contribution in [2.45, 2.75) is 0 Å². The predicted octanol–water partition coefficient (Wildman–Crippen LogP) is 4.77. The number of hydrogen-bond donors (Lipinski definition) is 0. The third-order valence-electron chi connectivity index (χ3n) is 3.00. The molecule has 0 aliphatic carbocycles. The summed E-state index contributed by atoms with van der Waals surface area (Å²) in [6.45, 7) is 0. The van der Waals surface area contributed by atoms with Gasteiger partial charge in [-0.1, -0.05) is 47.5 Å². The van der Waals surface area contributed by atoms with Crippen LogP contribution in [0.25, 0.3) is 10.9 Å². The lowest BCUT2D eigenvalue weighted by Gasteiger charge is -2.05. The molecule has 3 aromatic rings. The van der Waals surface area contributed by atoms with Crippen molar-refractivity contribution in [2.75, 3.05) is 0 Å². The number of benzene rings is 2.